The van der Waals surface area contributed by atoms with E-state index in [4.69, 9.17) is 16.0 Å². The van der Waals surface area contributed by atoms with Crippen molar-refractivity contribution in [2.75, 3.05) is 7.11 Å². The standard InChI is InChI=1S/C12H9ClO4/c1-6-3-10-7(4-8(6)13)9(14)5-11(17-10)12(15)16-2/h3-5H,1-2H3. The number of benzene rings is 1. The van der Waals surface area contributed by atoms with Crippen LogP contribution in [-0.4, -0.2) is 13.1 Å². The number of aryl methyl sites for hydroxylation is 1. The van der Waals surface area contributed by atoms with Crippen molar-refractivity contribution in [2.45, 2.75) is 6.92 Å². The molecule has 0 spiro atoms. The van der Waals surface area contributed by atoms with E-state index in [1.807, 2.05) is 0 Å². The van der Waals surface area contributed by atoms with Gasteiger partial charge in [0.05, 0.1) is 12.5 Å². The van der Waals surface area contributed by atoms with Gasteiger partial charge in [0.1, 0.15) is 5.58 Å². The fourth-order valence-electron chi connectivity index (χ4n) is 1.48. The van der Waals surface area contributed by atoms with E-state index in [0.717, 1.165) is 11.6 Å². The van der Waals surface area contributed by atoms with Crippen molar-refractivity contribution in [1.29, 1.82) is 0 Å². The number of methoxy groups -OCH3 is 1. The van der Waals surface area contributed by atoms with Crippen LogP contribution in [0.3, 0.4) is 0 Å². The summed E-state index contributed by atoms with van der Waals surface area (Å²) < 4.78 is 9.79. The number of carbonyl (C=O) groups excluding carboxylic acids is 1. The molecule has 0 aliphatic carbocycles. The molecule has 17 heavy (non-hydrogen) atoms. The van der Waals surface area contributed by atoms with Crippen molar-refractivity contribution in [3.05, 3.63) is 44.8 Å². The van der Waals surface area contributed by atoms with E-state index in [0.29, 0.717) is 16.0 Å². The van der Waals surface area contributed by atoms with Crippen LogP contribution < -0.4 is 5.43 Å². The SMILES string of the molecule is COC(=O)c1cc(=O)c2cc(Cl)c(C)cc2o1. The predicted molar refractivity (Wildman–Crippen MR) is 63.6 cm³/mol. The summed E-state index contributed by atoms with van der Waals surface area (Å²) >= 11 is 5.92. The average Bonchev–Trinajstić information content (AvgIpc) is 2.30. The minimum atomic E-state index is -0.684. The lowest BCUT2D eigenvalue weighted by molar-refractivity contribution is 0.0565. The molecule has 0 unspecified atom stereocenters. The van der Waals surface area contributed by atoms with Crippen molar-refractivity contribution in [1.82, 2.24) is 0 Å². The first kappa shape index (κ1) is 11.7. The number of esters is 1. The van der Waals surface area contributed by atoms with Crippen molar-refractivity contribution in [3.63, 3.8) is 0 Å². The zero-order valence-corrected chi connectivity index (χ0v) is 10.00. The van der Waals surface area contributed by atoms with Gasteiger partial charge in [-0.2, -0.15) is 0 Å². The molecule has 0 bridgehead atoms. The Kier molecular flexibility index (Phi) is 2.90. The van der Waals surface area contributed by atoms with Gasteiger partial charge in [-0.25, -0.2) is 4.79 Å². The number of fused-ring (bicyclic) bond motifs is 1. The average molecular weight is 253 g/mol. The second-order valence-corrected chi connectivity index (χ2v) is 3.97. The molecule has 0 saturated carbocycles. The quantitative estimate of drug-likeness (QED) is 0.732. The molecule has 1 heterocycles. The van der Waals surface area contributed by atoms with Crippen LogP contribution in [0.2, 0.25) is 5.02 Å². The molecule has 1 aromatic heterocycles. The van der Waals surface area contributed by atoms with E-state index in [9.17, 15) is 9.59 Å². The number of ether oxygens (including phenoxy) is 1. The number of halogens is 1. The molecule has 2 rings (SSSR count). The lowest BCUT2D eigenvalue weighted by atomic mass is 10.1. The normalized spacial score (nSPS) is 10.5. The Hall–Kier alpha value is -1.81. The van der Waals surface area contributed by atoms with Crippen LogP contribution >= 0.6 is 11.6 Å². The Morgan fingerprint density at radius 3 is 2.71 bits per heavy atom. The highest BCUT2D eigenvalue weighted by Gasteiger charge is 2.13. The lowest BCUT2D eigenvalue weighted by Gasteiger charge is -2.03. The fourth-order valence-corrected chi connectivity index (χ4v) is 1.64. The van der Waals surface area contributed by atoms with E-state index in [1.165, 1.54) is 13.2 Å². The molecule has 0 radical (unpaired) electrons. The molecule has 0 N–H and O–H groups in total. The van der Waals surface area contributed by atoms with Crippen molar-refractivity contribution in [2.24, 2.45) is 0 Å². The Bertz CT molecular complexity index is 657. The molecule has 88 valence electrons. The third-order valence-corrected chi connectivity index (χ3v) is 2.80. The van der Waals surface area contributed by atoms with Crippen LogP contribution in [0.25, 0.3) is 11.0 Å². The monoisotopic (exact) mass is 252 g/mol. The predicted octanol–water partition coefficient (Wildman–Crippen LogP) is 2.54. The van der Waals surface area contributed by atoms with Gasteiger partial charge >= 0.3 is 5.97 Å². The largest absolute Gasteiger partial charge is 0.463 e. The van der Waals surface area contributed by atoms with Gasteiger partial charge in [-0.1, -0.05) is 11.6 Å². The number of carbonyl (C=O) groups is 1. The summed E-state index contributed by atoms with van der Waals surface area (Å²) in [4.78, 5) is 23.0. The number of rotatable bonds is 1. The summed E-state index contributed by atoms with van der Waals surface area (Å²) in [5.41, 5.74) is 0.762. The second-order valence-electron chi connectivity index (χ2n) is 3.56. The third-order valence-electron chi connectivity index (χ3n) is 2.39. The van der Waals surface area contributed by atoms with Gasteiger partial charge in [-0.15, -0.1) is 0 Å². The number of hydrogen-bond acceptors (Lipinski definition) is 4. The van der Waals surface area contributed by atoms with E-state index in [1.54, 1.807) is 13.0 Å². The maximum atomic E-state index is 11.8. The van der Waals surface area contributed by atoms with Gasteiger partial charge < -0.3 is 9.15 Å². The topological polar surface area (TPSA) is 56.5 Å². The van der Waals surface area contributed by atoms with E-state index < -0.39 is 5.97 Å². The van der Waals surface area contributed by atoms with Crippen LogP contribution in [0.5, 0.6) is 0 Å². The zero-order valence-electron chi connectivity index (χ0n) is 9.24. The minimum absolute atomic E-state index is 0.119. The van der Waals surface area contributed by atoms with E-state index >= 15 is 0 Å². The molecule has 0 amide bonds. The molecule has 0 saturated heterocycles. The molecule has 1 aromatic carbocycles. The summed E-state index contributed by atoms with van der Waals surface area (Å²) in [5, 5.41) is 0.823. The molecular weight excluding hydrogens is 244 g/mol. The van der Waals surface area contributed by atoms with Crippen molar-refractivity contribution in [3.8, 4) is 0 Å². The van der Waals surface area contributed by atoms with Gasteiger partial charge in [0, 0.05) is 11.1 Å². The summed E-state index contributed by atoms with van der Waals surface area (Å²) in [5.74, 6) is -0.802. The first-order chi connectivity index (χ1) is 8.02. The highest BCUT2D eigenvalue weighted by Crippen LogP contribution is 2.22. The van der Waals surface area contributed by atoms with Crippen LogP contribution in [0, 0.1) is 6.92 Å². The van der Waals surface area contributed by atoms with Crippen LogP contribution in [-0.2, 0) is 4.74 Å². The minimum Gasteiger partial charge on any atom is -0.463 e. The van der Waals surface area contributed by atoms with Crippen molar-refractivity contribution >= 4 is 28.5 Å². The molecule has 5 heteroatoms. The summed E-state index contributed by atoms with van der Waals surface area (Å²) in [6, 6.07) is 4.24. The molecule has 2 aromatic rings. The molecule has 0 fully saturated rings. The lowest BCUT2D eigenvalue weighted by Crippen LogP contribution is -2.08. The Labute approximate surface area is 102 Å². The highest BCUT2D eigenvalue weighted by molar-refractivity contribution is 6.32. The van der Waals surface area contributed by atoms with Gasteiger partial charge in [0.25, 0.3) is 0 Å². The molecule has 0 aliphatic heterocycles. The van der Waals surface area contributed by atoms with Gasteiger partial charge in [-0.3, -0.25) is 4.79 Å². The maximum absolute atomic E-state index is 11.8. The highest BCUT2D eigenvalue weighted by atomic mass is 35.5. The Morgan fingerprint density at radius 2 is 2.06 bits per heavy atom. The summed E-state index contributed by atoms with van der Waals surface area (Å²) in [6.07, 6.45) is 0. The summed E-state index contributed by atoms with van der Waals surface area (Å²) in [6.45, 7) is 1.78. The Morgan fingerprint density at radius 1 is 1.35 bits per heavy atom. The zero-order chi connectivity index (χ0) is 12.6. The molecule has 4 nitrogen and oxygen atoms in total. The first-order valence-corrected chi connectivity index (χ1v) is 5.23. The molecule has 0 aliphatic rings. The second kappa shape index (κ2) is 4.22. The Balaban J connectivity index is 2.78. The summed E-state index contributed by atoms with van der Waals surface area (Å²) in [7, 11) is 1.22. The van der Waals surface area contributed by atoms with Gasteiger partial charge in [-0.05, 0) is 24.6 Å². The maximum Gasteiger partial charge on any atom is 0.374 e. The first-order valence-electron chi connectivity index (χ1n) is 4.85. The van der Waals surface area contributed by atoms with Gasteiger partial charge in [0.15, 0.2) is 5.43 Å². The smallest absolute Gasteiger partial charge is 0.374 e. The van der Waals surface area contributed by atoms with Crippen molar-refractivity contribution < 1.29 is 13.9 Å². The van der Waals surface area contributed by atoms with E-state index in [-0.39, 0.29) is 11.2 Å². The fraction of sp³-hybridized carbons (Fsp3) is 0.167. The molecule has 0 atom stereocenters. The third kappa shape index (κ3) is 2.03. The van der Waals surface area contributed by atoms with Crippen LogP contribution in [0.15, 0.2) is 27.4 Å². The number of hydrogen-bond donors (Lipinski definition) is 0. The van der Waals surface area contributed by atoms with Crippen LogP contribution in [0.4, 0.5) is 0 Å². The van der Waals surface area contributed by atoms with E-state index in [2.05, 4.69) is 4.74 Å². The van der Waals surface area contributed by atoms with Crippen LogP contribution in [0.1, 0.15) is 16.1 Å². The van der Waals surface area contributed by atoms with Gasteiger partial charge in [0.2, 0.25) is 5.76 Å². The molecular formula is C12H9ClO4.